The Morgan fingerprint density at radius 3 is 1.29 bits per heavy atom. The van der Waals surface area contributed by atoms with E-state index in [9.17, 15) is 0 Å². The van der Waals surface area contributed by atoms with Crippen molar-refractivity contribution in [1.29, 1.82) is 0 Å². The van der Waals surface area contributed by atoms with E-state index in [4.69, 9.17) is 5.11 Å². The van der Waals surface area contributed by atoms with E-state index in [1.54, 1.807) is 6.92 Å². The fraction of sp³-hybridized carbons (Fsp3) is 1.00. The van der Waals surface area contributed by atoms with Crippen molar-refractivity contribution in [3.05, 3.63) is 0 Å². The van der Waals surface area contributed by atoms with Crippen molar-refractivity contribution >= 4 is 37.7 Å². The smallest absolute Gasteiger partial charge is 1.00 e. The summed E-state index contributed by atoms with van der Waals surface area (Å²) in [6.45, 7) is 1.93. The molecule has 0 unspecified atom stereocenters. The summed E-state index contributed by atoms with van der Waals surface area (Å²) in [5.74, 6) is 0. The van der Waals surface area contributed by atoms with Gasteiger partial charge in [0.1, 0.15) is 0 Å². The quantitative estimate of drug-likeness (QED) is 0.365. The Hall–Kier alpha value is 1.76. The van der Waals surface area contributed by atoms with Crippen LogP contribution in [0.15, 0.2) is 0 Å². The molecular formula is C2H8CaCl2O2. The molecule has 0 atom stereocenters. The normalized spacial score (nSPS) is 2.57. The Kier molecular flexibility index (Phi) is 248. The SMILES string of the molecule is CCO.O.[Ca+2].[Cl-].[Cl-]. The van der Waals surface area contributed by atoms with Gasteiger partial charge in [0.25, 0.3) is 0 Å². The minimum absolute atomic E-state index is 0. The van der Waals surface area contributed by atoms with E-state index in [2.05, 4.69) is 0 Å². The van der Waals surface area contributed by atoms with Crippen molar-refractivity contribution in [2.45, 2.75) is 6.92 Å². The topological polar surface area (TPSA) is 51.7 Å². The molecule has 0 bridgehead atoms. The van der Waals surface area contributed by atoms with Gasteiger partial charge in [-0.3, -0.25) is 0 Å². The number of halogens is 2. The van der Waals surface area contributed by atoms with Crippen LogP contribution in [0, 0.1) is 0 Å². The van der Waals surface area contributed by atoms with Gasteiger partial charge in [0.2, 0.25) is 0 Å². The van der Waals surface area contributed by atoms with E-state index < -0.39 is 0 Å². The molecule has 2 nitrogen and oxygen atoms in total. The van der Waals surface area contributed by atoms with Gasteiger partial charge >= 0.3 is 37.7 Å². The van der Waals surface area contributed by atoms with Gasteiger partial charge < -0.3 is 35.4 Å². The van der Waals surface area contributed by atoms with E-state index >= 15 is 0 Å². The fourth-order valence-corrected chi connectivity index (χ4v) is 0. The third-order valence-corrected chi connectivity index (χ3v) is 0. The first kappa shape index (κ1) is 37.3. The van der Waals surface area contributed by atoms with Gasteiger partial charge in [-0.2, -0.15) is 0 Å². The van der Waals surface area contributed by atoms with Gasteiger partial charge in [-0.05, 0) is 6.92 Å². The molecule has 0 radical (unpaired) electrons. The zero-order valence-corrected chi connectivity index (χ0v) is 7.84. The van der Waals surface area contributed by atoms with E-state index in [1.165, 1.54) is 0 Å². The van der Waals surface area contributed by atoms with Crippen LogP contribution in [-0.2, 0) is 0 Å². The second-order valence-corrected chi connectivity index (χ2v) is 0.316. The minimum atomic E-state index is 0. The van der Waals surface area contributed by atoms with Gasteiger partial charge in [0.05, 0.1) is 0 Å². The molecule has 44 valence electrons. The van der Waals surface area contributed by atoms with Crippen LogP contribution in [0.5, 0.6) is 0 Å². The standard InChI is InChI=1S/C2H6O.Ca.2ClH.H2O/c1-2-3;;;;/h3H,2H2,1H3;;2*1H;1H2/q;+2;;;/p-2. The summed E-state index contributed by atoms with van der Waals surface area (Å²) in [6, 6.07) is 0. The second-order valence-electron chi connectivity index (χ2n) is 0.316. The van der Waals surface area contributed by atoms with Gasteiger partial charge in [-0.1, -0.05) is 0 Å². The average molecular weight is 175 g/mol. The number of aliphatic hydroxyl groups excluding tert-OH is 1. The summed E-state index contributed by atoms with van der Waals surface area (Å²) in [4.78, 5) is 0. The summed E-state index contributed by atoms with van der Waals surface area (Å²) in [5.41, 5.74) is 0. The molecule has 0 spiro atoms. The van der Waals surface area contributed by atoms with Crippen molar-refractivity contribution in [3.63, 3.8) is 0 Å². The summed E-state index contributed by atoms with van der Waals surface area (Å²) in [5, 5.41) is 7.57. The number of rotatable bonds is 0. The van der Waals surface area contributed by atoms with Crippen LogP contribution < -0.4 is 24.8 Å². The summed E-state index contributed by atoms with van der Waals surface area (Å²) in [6.07, 6.45) is 0. The average Bonchev–Trinajstić information content (AvgIpc) is 0.918. The maximum Gasteiger partial charge on any atom is 2.00 e. The molecule has 0 aromatic carbocycles. The predicted octanol–water partition coefficient (Wildman–Crippen LogP) is -7.20. The van der Waals surface area contributed by atoms with Crippen LogP contribution in [-0.4, -0.2) is 54.9 Å². The van der Waals surface area contributed by atoms with E-state index in [0.29, 0.717) is 0 Å². The van der Waals surface area contributed by atoms with Gasteiger partial charge in [-0.15, -0.1) is 0 Å². The van der Waals surface area contributed by atoms with Gasteiger partial charge in [0.15, 0.2) is 0 Å². The molecule has 5 heteroatoms. The van der Waals surface area contributed by atoms with Crippen LogP contribution in [0.2, 0.25) is 0 Å². The Morgan fingerprint density at radius 1 is 1.29 bits per heavy atom. The molecule has 0 heterocycles. The number of hydrogen-bond acceptors (Lipinski definition) is 1. The predicted molar refractivity (Wildman–Crippen MR) is 22.1 cm³/mol. The van der Waals surface area contributed by atoms with Crippen LogP contribution in [0.25, 0.3) is 0 Å². The van der Waals surface area contributed by atoms with Gasteiger partial charge in [-0.25, -0.2) is 0 Å². The molecule has 7 heavy (non-hydrogen) atoms. The van der Waals surface area contributed by atoms with Crippen molar-refractivity contribution in [2.24, 2.45) is 0 Å². The third kappa shape index (κ3) is 83.1. The maximum absolute atomic E-state index is 7.57. The van der Waals surface area contributed by atoms with E-state index in [0.717, 1.165) is 0 Å². The molecule has 3 N–H and O–H groups in total. The van der Waals surface area contributed by atoms with Gasteiger partial charge in [0, 0.05) is 6.61 Å². The molecule has 0 saturated heterocycles. The monoisotopic (exact) mass is 174 g/mol. The molecule has 0 fully saturated rings. The van der Waals surface area contributed by atoms with E-state index in [1.807, 2.05) is 0 Å². The summed E-state index contributed by atoms with van der Waals surface area (Å²) in [7, 11) is 0. The van der Waals surface area contributed by atoms with Crippen LogP contribution in [0.1, 0.15) is 6.92 Å². The summed E-state index contributed by atoms with van der Waals surface area (Å²) < 4.78 is 0. The molecule has 0 aliphatic carbocycles. The van der Waals surface area contributed by atoms with E-state index in [-0.39, 0.29) is 74.6 Å². The first-order valence-corrected chi connectivity index (χ1v) is 1.02. The summed E-state index contributed by atoms with van der Waals surface area (Å²) >= 11 is 0. The molecule has 0 aromatic rings. The first-order chi connectivity index (χ1) is 1.41. The molecule has 0 rings (SSSR count). The Labute approximate surface area is 85.8 Å². The van der Waals surface area contributed by atoms with Crippen molar-refractivity contribution < 1.29 is 35.4 Å². The van der Waals surface area contributed by atoms with Crippen LogP contribution in [0.4, 0.5) is 0 Å². The molecule has 0 aliphatic rings. The Balaban J connectivity index is -0.00000000333. The molecule has 0 aromatic heterocycles. The van der Waals surface area contributed by atoms with Crippen molar-refractivity contribution in [2.75, 3.05) is 6.61 Å². The number of aliphatic hydroxyl groups is 1. The number of hydrogen-bond donors (Lipinski definition) is 1. The Morgan fingerprint density at radius 2 is 1.29 bits per heavy atom. The zero-order chi connectivity index (χ0) is 2.71. The van der Waals surface area contributed by atoms with Crippen LogP contribution >= 0.6 is 0 Å². The van der Waals surface area contributed by atoms with Crippen molar-refractivity contribution in [1.82, 2.24) is 0 Å². The minimum Gasteiger partial charge on any atom is -1.00 e. The first-order valence-electron chi connectivity index (χ1n) is 1.02. The van der Waals surface area contributed by atoms with Crippen molar-refractivity contribution in [3.8, 4) is 0 Å². The second kappa shape index (κ2) is 46.6. The molecule has 0 saturated carbocycles. The maximum atomic E-state index is 7.57. The third-order valence-electron chi connectivity index (χ3n) is 0. The molecular weight excluding hydrogens is 167 g/mol. The molecule has 0 amide bonds. The Bertz CT molecular complexity index is 13.7. The fourth-order valence-electron chi connectivity index (χ4n) is 0. The zero-order valence-electron chi connectivity index (χ0n) is 4.12. The largest absolute Gasteiger partial charge is 2.00 e. The van der Waals surface area contributed by atoms with Crippen LogP contribution in [0.3, 0.4) is 0 Å². The molecule has 0 aliphatic heterocycles.